The maximum atomic E-state index is 14.1. The molecule has 6 rings (SSSR count). The molecule has 35 heavy (non-hydrogen) atoms. The van der Waals surface area contributed by atoms with Gasteiger partial charge in [-0.05, 0) is 47.4 Å². The minimum Gasteiger partial charge on any atom is -0.337 e. The van der Waals surface area contributed by atoms with E-state index >= 15 is 0 Å². The number of allylic oxidation sites excluding steroid dienone is 2. The zero-order valence-electron chi connectivity index (χ0n) is 20.3. The van der Waals surface area contributed by atoms with E-state index in [0.717, 1.165) is 17.5 Å². The fraction of sp³-hybridized carbons (Fsp3) is 0.423. The van der Waals surface area contributed by atoms with E-state index in [4.69, 9.17) is 4.52 Å². The molecule has 4 aromatic rings. The van der Waals surface area contributed by atoms with Crippen molar-refractivity contribution in [3.8, 4) is 0 Å². The molecule has 3 aromatic heterocycles. The number of nitrogens with zero attached hydrogens (tertiary/aromatic N) is 6. The van der Waals surface area contributed by atoms with Crippen molar-refractivity contribution in [2.45, 2.75) is 52.2 Å². The van der Waals surface area contributed by atoms with Crippen molar-refractivity contribution < 1.29 is 8.91 Å². The predicted octanol–water partition coefficient (Wildman–Crippen LogP) is 4.83. The molecule has 0 N–H and O–H groups in total. The number of hydrogen-bond donors (Lipinski definition) is 0. The summed E-state index contributed by atoms with van der Waals surface area (Å²) in [4.78, 5) is 25.6. The Morgan fingerprint density at radius 2 is 2.03 bits per heavy atom. The Kier molecular flexibility index (Phi) is 6.08. The summed E-state index contributed by atoms with van der Waals surface area (Å²) < 4.78 is 22.6. The van der Waals surface area contributed by atoms with Gasteiger partial charge >= 0.3 is 0 Å². The molecule has 0 saturated heterocycles. The molecular weight excluding hydrogens is 447 g/mol. The normalized spacial score (nSPS) is 21.3. The zero-order chi connectivity index (χ0) is 24.7. The second-order valence-corrected chi connectivity index (χ2v) is 8.92. The Bertz CT molecular complexity index is 1450. The van der Waals surface area contributed by atoms with Gasteiger partial charge < -0.3 is 9.09 Å². The number of benzene rings is 1. The topological polar surface area (TPSA) is 91.6 Å². The van der Waals surface area contributed by atoms with Gasteiger partial charge in [-0.25, -0.2) is 14.4 Å². The van der Waals surface area contributed by atoms with E-state index in [1.807, 2.05) is 39.0 Å². The second-order valence-electron chi connectivity index (χ2n) is 8.92. The molecule has 2 aliphatic carbocycles. The van der Waals surface area contributed by atoms with Crippen LogP contribution in [0.5, 0.6) is 0 Å². The Morgan fingerprint density at radius 1 is 1.23 bits per heavy atom. The van der Waals surface area contributed by atoms with Gasteiger partial charge in [0.15, 0.2) is 17.0 Å². The highest BCUT2D eigenvalue weighted by Gasteiger charge is 2.55. The average Bonchev–Trinajstić information content (AvgIpc) is 3.30. The average molecular weight is 477 g/mol. The van der Waals surface area contributed by atoms with Gasteiger partial charge in [0.2, 0.25) is 5.89 Å². The monoisotopic (exact) mass is 476 g/mol. The number of halogens is 1. The Labute approximate surface area is 202 Å². The highest BCUT2D eigenvalue weighted by Crippen LogP contribution is 2.62. The van der Waals surface area contributed by atoms with Crippen molar-refractivity contribution in [1.29, 1.82) is 0 Å². The summed E-state index contributed by atoms with van der Waals surface area (Å²) in [5.74, 6) is 2.11. The molecular formula is C26H29FN6O2. The Morgan fingerprint density at radius 3 is 2.77 bits per heavy atom. The third kappa shape index (κ3) is 4.09. The fourth-order valence-electron chi connectivity index (χ4n) is 4.99. The summed E-state index contributed by atoms with van der Waals surface area (Å²) in [6.45, 7) is 6.02. The van der Waals surface area contributed by atoms with E-state index in [1.165, 1.54) is 16.5 Å². The van der Waals surface area contributed by atoms with E-state index in [2.05, 4.69) is 32.3 Å². The first-order chi connectivity index (χ1) is 17.0. The molecule has 0 spiro atoms. The lowest BCUT2D eigenvalue weighted by molar-refractivity contribution is 0.334. The standard InChI is InChI=1S/C24H23FN6O2.C2H6/c1-3-18(25)14-6-4-5-13(7-14)15-8-16-17(9-15)20(16)22-28-19(33-29-22)10-31-12-27-23-21(24(31)32)30(2)11-26-23;1-2/h4-8,11-12,16-18,20H,3,9-10H2,1-2H3;1-2H3/t16-,17+,18?,20+;/m0./s1. The molecule has 0 radical (unpaired) electrons. The molecule has 0 aliphatic heterocycles. The lowest BCUT2D eigenvalue weighted by atomic mass is 9.97. The van der Waals surface area contributed by atoms with Crippen molar-refractivity contribution in [2.24, 2.45) is 18.9 Å². The van der Waals surface area contributed by atoms with Gasteiger partial charge in [0.1, 0.15) is 19.0 Å². The van der Waals surface area contributed by atoms with E-state index in [1.54, 1.807) is 17.9 Å². The van der Waals surface area contributed by atoms with Crippen LogP contribution in [0, 0.1) is 11.8 Å². The first kappa shape index (κ1) is 23.1. The van der Waals surface area contributed by atoms with Crippen LogP contribution in [0.25, 0.3) is 16.7 Å². The smallest absolute Gasteiger partial charge is 0.280 e. The van der Waals surface area contributed by atoms with E-state index in [9.17, 15) is 9.18 Å². The number of rotatable bonds is 6. The molecule has 0 amide bonds. The van der Waals surface area contributed by atoms with Crippen LogP contribution in [0.4, 0.5) is 4.39 Å². The first-order valence-electron chi connectivity index (χ1n) is 12.2. The van der Waals surface area contributed by atoms with Gasteiger partial charge in [-0.15, -0.1) is 0 Å². The number of imidazole rings is 1. The molecule has 9 heteroatoms. The molecule has 1 unspecified atom stereocenters. The van der Waals surface area contributed by atoms with Crippen molar-refractivity contribution in [1.82, 2.24) is 29.2 Å². The Hall–Kier alpha value is -3.62. The van der Waals surface area contributed by atoms with Gasteiger partial charge in [0, 0.05) is 13.0 Å². The van der Waals surface area contributed by atoms with Gasteiger partial charge in [-0.1, -0.05) is 50.2 Å². The maximum absolute atomic E-state index is 14.1. The minimum atomic E-state index is -0.923. The molecule has 1 fully saturated rings. The van der Waals surface area contributed by atoms with Crippen molar-refractivity contribution in [2.75, 3.05) is 0 Å². The van der Waals surface area contributed by atoms with Crippen LogP contribution in [-0.2, 0) is 13.6 Å². The lowest BCUT2D eigenvalue weighted by Crippen LogP contribution is -2.22. The number of fused-ring (bicyclic) bond motifs is 2. The molecule has 3 heterocycles. The van der Waals surface area contributed by atoms with Crippen LogP contribution < -0.4 is 5.56 Å². The van der Waals surface area contributed by atoms with Crippen LogP contribution in [0.15, 0.2) is 52.3 Å². The van der Waals surface area contributed by atoms with E-state index < -0.39 is 6.17 Å². The van der Waals surface area contributed by atoms with Crippen molar-refractivity contribution in [3.05, 3.63) is 76.2 Å². The van der Waals surface area contributed by atoms with E-state index in [-0.39, 0.29) is 18.0 Å². The highest BCUT2D eigenvalue weighted by atomic mass is 19.1. The summed E-state index contributed by atoms with van der Waals surface area (Å²) in [6.07, 6.45) is 5.78. The summed E-state index contributed by atoms with van der Waals surface area (Å²) >= 11 is 0. The van der Waals surface area contributed by atoms with E-state index in [0.29, 0.717) is 41.1 Å². The van der Waals surface area contributed by atoms with Crippen LogP contribution in [0.3, 0.4) is 0 Å². The predicted molar refractivity (Wildman–Crippen MR) is 130 cm³/mol. The zero-order valence-corrected chi connectivity index (χ0v) is 20.3. The van der Waals surface area contributed by atoms with Gasteiger partial charge in [-0.3, -0.25) is 9.36 Å². The fourth-order valence-corrected chi connectivity index (χ4v) is 4.99. The minimum absolute atomic E-state index is 0.164. The number of aromatic nitrogens is 6. The SMILES string of the molecule is CC.CCC(F)c1cccc(C2=C[C@H]3[C@@H](C2)[C@@H]3c2noc(Cn3cnc4ncn(C)c4c3=O)n2)c1. The quantitative estimate of drug-likeness (QED) is 0.396. The highest BCUT2D eigenvalue weighted by molar-refractivity contribution is 5.71. The first-order valence-corrected chi connectivity index (χ1v) is 12.2. The molecule has 182 valence electrons. The molecule has 1 aromatic carbocycles. The molecule has 2 aliphatic rings. The van der Waals surface area contributed by atoms with Crippen LogP contribution in [0.2, 0.25) is 0 Å². The van der Waals surface area contributed by atoms with Gasteiger partial charge in [-0.2, -0.15) is 4.98 Å². The molecule has 4 atom stereocenters. The second kappa shape index (κ2) is 9.20. The Balaban J connectivity index is 0.00000124. The van der Waals surface area contributed by atoms with Gasteiger partial charge in [0.05, 0.1) is 6.33 Å². The summed E-state index contributed by atoms with van der Waals surface area (Å²) in [5, 5.41) is 4.18. The molecule has 1 saturated carbocycles. The summed E-state index contributed by atoms with van der Waals surface area (Å²) in [7, 11) is 1.76. The van der Waals surface area contributed by atoms with Gasteiger partial charge in [0.25, 0.3) is 5.56 Å². The number of hydrogen-bond acceptors (Lipinski definition) is 6. The van der Waals surface area contributed by atoms with Crippen molar-refractivity contribution in [3.63, 3.8) is 0 Å². The van der Waals surface area contributed by atoms with Crippen LogP contribution >= 0.6 is 0 Å². The maximum Gasteiger partial charge on any atom is 0.280 e. The van der Waals surface area contributed by atoms with Crippen LogP contribution in [-0.4, -0.2) is 29.2 Å². The molecule has 0 bridgehead atoms. The third-order valence-corrected chi connectivity index (χ3v) is 6.84. The van der Waals surface area contributed by atoms with Crippen LogP contribution in [0.1, 0.15) is 68.5 Å². The van der Waals surface area contributed by atoms with Crippen molar-refractivity contribution >= 4 is 16.7 Å². The number of alkyl halides is 1. The summed E-state index contributed by atoms with van der Waals surface area (Å²) in [6, 6.07) is 7.80. The molecule has 8 nitrogen and oxygen atoms in total. The largest absolute Gasteiger partial charge is 0.337 e. The number of aryl methyl sites for hydroxylation is 1. The third-order valence-electron chi connectivity index (χ3n) is 6.84. The summed E-state index contributed by atoms with van der Waals surface area (Å²) in [5.41, 5.74) is 3.76. The lowest BCUT2D eigenvalue weighted by Gasteiger charge is -2.10.